The number of carbonyl (C=O) groups excluding carboxylic acids is 1. The van der Waals surface area contributed by atoms with Gasteiger partial charge in [-0.25, -0.2) is 0 Å². The number of hydrogen-bond acceptors (Lipinski definition) is 18. The van der Waals surface area contributed by atoms with Crippen LogP contribution in [0.25, 0.3) is 0 Å². The Bertz CT molecular complexity index is 2290. The summed E-state index contributed by atoms with van der Waals surface area (Å²) < 4.78 is 34.3. The summed E-state index contributed by atoms with van der Waals surface area (Å²) in [5.41, 5.74) is 0. The molecule has 0 bridgehead atoms. The number of rotatable bonds is 52. The molecule has 1 amide bonds. The molecule has 540 valence electrons. The first-order valence-electron chi connectivity index (χ1n) is 35.6. The molecule has 3 aliphatic rings. The van der Waals surface area contributed by atoms with E-state index in [1.54, 1.807) is 6.08 Å². The second kappa shape index (κ2) is 55.5. The summed E-state index contributed by atoms with van der Waals surface area (Å²) in [5.74, 6) is -0.303. The maximum atomic E-state index is 13.4. The van der Waals surface area contributed by atoms with Gasteiger partial charge in [0, 0.05) is 6.42 Å². The predicted octanol–water partition coefficient (Wildman–Crippen LogP) is 9.93. The van der Waals surface area contributed by atoms with Crippen LogP contribution in [0.5, 0.6) is 0 Å². The van der Waals surface area contributed by atoms with Crippen molar-refractivity contribution in [2.75, 3.05) is 26.4 Å². The van der Waals surface area contributed by atoms with E-state index in [1.807, 2.05) is 6.08 Å². The van der Waals surface area contributed by atoms with Crippen LogP contribution in [0.1, 0.15) is 194 Å². The van der Waals surface area contributed by atoms with Crippen LogP contribution in [-0.2, 0) is 33.2 Å². The normalized spacial score (nSPS) is 28.1. The summed E-state index contributed by atoms with van der Waals surface area (Å²) in [6, 6.07) is -0.993. The molecule has 17 unspecified atom stereocenters. The van der Waals surface area contributed by atoms with Crippen LogP contribution in [0, 0.1) is 0 Å². The molecule has 95 heavy (non-hydrogen) atoms. The summed E-state index contributed by atoms with van der Waals surface area (Å²) in [6.45, 7) is 1.55. The van der Waals surface area contributed by atoms with Crippen LogP contribution in [-0.4, -0.2) is 193 Å². The number of allylic oxidation sites excluding steroid dienone is 23. The molecule has 0 saturated carbocycles. The summed E-state index contributed by atoms with van der Waals surface area (Å²) in [6.07, 6.45) is 52.7. The highest BCUT2D eigenvalue weighted by molar-refractivity contribution is 5.76. The van der Waals surface area contributed by atoms with E-state index in [0.29, 0.717) is 6.42 Å². The third kappa shape index (κ3) is 36.9. The van der Waals surface area contributed by atoms with Gasteiger partial charge in [0.2, 0.25) is 5.91 Å². The van der Waals surface area contributed by atoms with Crippen molar-refractivity contribution in [1.82, 2.24) is 5.32 Å². The fraction of sp³-hybridized carbons (Fsp3) is 0.671. The standard InChI is InChI=1S/C76H123NO18/c1-3-5-7-9-11-13-15-16-17-18-19-20-21-22-23-24-25-26-27-28-29-30-31-32-33-34-35-36-37-38-39-40-41-42-44-46-48-50-52-54-64(82)77-59(60(81)53-51-49-47-45-43-14-12-10-8-6-4-2)58-90-74-70(88)67(85)72(62(56-79)92-74)95-76-71(89)68(86)73(63(57-80)93-76)94-75-69(87)66(84)65(83)61(55-78)91-75/h5,7,11,13,16-17,19-20,22-23,25-26,28-29,31-32,34-35,37-38,40-41,51,53,59-63,65-76,78-81,83-89H,3-4,6,8-10,12,14-15,18,21,24,27,30,33,36,39,42-50,52,54-58H2,1-2H3,(H,77,82)/b7-5-,13-11-,17-16-,20-19-,23-22-,26-25-,29-28-,32-31-,35-34-,38-37-,41-40-,53-51+. The first-order valence-corrected chi connectivity index (χ1v) is 35.6. The number of carbonyl (C=O) groups is 1. The predicted molar refractivity (Wildman–Crippen MR) is 373 cm³/mol. The van der Waals surface area contributed by atoms with E-state index in [0.717, 1.165) is 128 Å². The lowest BCUT2D eigenvalue weighted by Crippen LogP contribution is -2.66. The van der Waals surface area contributed by atoms with Gasteiger partial charge in [-0.05, 0) is 103 Å². The first kappa shape index (κ1) is 84.9. The average Bonchev–Trinajstić information content (AvgIpc) is 0.787. The van der Waals surface area contributed by atoms with E-state index >= 15 is 0 Å². The van der Waals surface area contributed by atoms with Crippen LogP contribution < -0.4 is 5.32 Å². The Morgan fingerprint density at radius 2 is 0.726 bits per heavy atom. The molecule has 3 aliphatic heterocycles. The highest BCUT2D eigenvalue weighted by Crippen LogP contribution is 2.33. The highest BCUT2D eigenvalue weighted by atomic mass is 16.8. The van der Waals surface area contributed by atoms with E-state index in [9.17, 15) is 61.0 Å². The molecule has 3 saturated heterocycles. The summed E-state index contributed by atoms with van der Waals surface area (Å²) in [4.78, 5) is 13.4. The van der Waals surface area contributed by atoms with Crippen LogP contribution >= 0.6 is 0 Å². The number of hydrogen-bond donors (Lipinski definition) is 12. The van der Waals surface area contributed by atoms with Gasteiger partial charge < -0.3 is 89.9 Å². The summed E-state index contributed by atoms with van der Waals surface area (Å²) >= 11 is 0. The van der Waals surface area contributed by atoms with Gasteiger partial charge in [-0.1, -0.05) is 230 Å². The molecule has 0 radical (unpaired) electrons. The molecule has 0 aromatic heterocycles. The van der Waals surface area contributed by atoms with Crippen molar-refractivity contribution in [3.8, 4) is 0 Å². The van der Waals surface area contributed by atoms with Crippen molar-refractivity contribution in [3.05, 3.63) is 146 Å². The summed E-state index contributed by atoms with van der Waals surface area (Å²) in [7, 11) is 0. The van der Waals surface area contributed by atoms with Crippen LogP contribution in [0.4, 0.5) is 0 Å². The molecule has 3 heterocycles. The van der Waals surface area contributed by atoms with Crippen molar-refractivity contribution >= 4 is 5.91 Å². The second-order valence-electron chi connectivity index (χ2n) is 24.6. The SMILES string of the molecule is CC/C=C\C/C=C\C/C=C\C/C=C\C/C=C\C/C=C\C/C=C\C/C=C\C/C=C\C/C=C\C/C=C\CCCCCCCC(=O)NC(COC1OC(CO)C(OC2OC(CO)C(OC3OC(CO)C(O)C(O)C3O)C(O)C2O)C(O)C1O)C(O)/C=C/CCCCCCCCCCC. The molecular weight excluding hydrogens is 1210 g/mol. The molecule has 0 aromatic carbocycles. The summed E-state index contributed by atoms with van der Waals surface area (Å²) in [5, 5.41) is 120. The van der Waals surface area contributed by atoms with E-state index in [1.165, 1.54) is 38.5 Å². The van der Waals surface area contributed by atoms with E-state index in [-0.39, 0.29) is 18.9 Å². The zero-order chi connectivity index (χ0) is 68.9. The topological polar surface area (TPSA) is 307 Å². The van der Waals surface area contributed by atoms with Crippen molar-refractivity contribution < 1.29 is 89.4 Å². The Labute approximate surface area is 568 Å². The monoisotopic (exact) mass is 1340 g/mol. The Morgan fingerprint density at radius 1 is 0.389 bits per heavy atom. The first-order chi connectivity index (χ1) is 46.3. The Hall–Kier alpha value is -4.33. The minimum absolute atomic E-state index is 0.211. The smallest absolute Gasteiger partial charge is 0.220 e. The lowest BCUT2D eigenvalue weighted by atomic mass is 9.96. The van der Waals surface area contributed by atoms with Gasteiger partial charge >= 0.3 is 0 Å². The minimum atomic E-state index is -1.99. The van der Waals surface area contributed by atoms with Gasteiger partial charge in [-0.2, -0.15) is 0 Å². The van der Waals surface area contributed by atoms with Crippen molar-refractivity contribution in [1.29, 1.82) is 0 Å². The minimum Gasteiger partial charge on any atom is -0.394 e. The zero-order valence-electron chi connectivity index (χ0n) is 57.1. The van der Waals surface area contributed by atoms with E-state index in [2.05, 4.69) is 153 Å². The average molecular weight is 1340 g/mol. The maximum absolute atomic E-state index is 13.4. The van der Waals surface area contributed by atoms with Crippen molar-refractivity contribution in [2.24, 2.45) is 0 Å². The molecular formula is C76H123NO18. The molecule has 3 fully saturated rings. The molecule has 12 N–H and O–H groups in total. The van der Waals surface area contributed by atoms with Gasteiger partial charge in [0.05, 0.1) is 38.6 Å². The largest absolute Gasteiger partial charge is 0.394 e. The maximum Gasteiger partial charge on any atom is 0.220 e. The van der Waals surface area contributed by atoms with Crippen LogP contribution in [0.15, 0.2) is 146 Å². The fourth-order valence-corrected chi connectivity index (χ4v) is 10.9. The Kier molecular flexibility index (Phi) is 49.6. The Balaban J connectivity index is 1.35. The third-order valence-corrected chi connectivity index (χ3v) is 16.6. The van der Waals surface area contributed by atoms with Crippen LogP contribution in [0.3, 0.4) is 0 Å². The second-order valence-corrected chi connectivity index (χ2v) is 24.6. The van der Waals surface area contributed by atoms with Gasteiger partial charge in [0.15, 0.2) is 18.9 Å². The zero-order valence-corrected chi connectivity index (χ0v) is 57.1. The number of nitrogens with one attached hydrogen (secondary N) is 1. The quantitative estimate of drug-likeness (QED) is 0.0199. The van der Waals surface area contributed by atoms with Crippen molar-refractivity contribution in [3.63, 3.8) is 0 Å². The Morgan fingerprint density at radius 3 is 1.14 bits per heavy atom. The van der Waals surface area contributed by atoms with Crippen LogP contribution in [0.2, 0.25) is 0 Å². The molecule has 0 aliphatic carbocycles. The molecule has 0 aromatic rings. The lowest BCUT2D eigenvalue weighted by molar-refractivity contribution is -0.379. The third-order valence-electron chi connectivity index (χ3n) is 16.6. The molecule has 19 heteroatoms. The molecule has 0 spiro atoms. The van der Waals surface area contributed by atoms with E-state index in [4.69, 9.17) is 28.4 Å². The molecule has 19 nitrogen and oxygen atoms in total. The van der Waals surface area contributed by atoms with Gasteiger partial charge in [0.25, 0.3) is 0 Å². The van der Waals surface area contributed by atoms with E-state index < -0.39 is 124 Å². The number of amides is 1. The fourth-order valence-electron chi connectivity index (χ4n) is 10.9. The lowest BCUT2D eigenvalue weighted by Gasteiger charge is -2.48. The van der Waals surface area contributed by atoms with Crippen molar-refractivity contribution in [2.45, 2.75) is 298 Å². The van der Waals surface area contributed by atoms with Gasteiger partial charge in [0.1, 0.15) is 73.2 Å². The molecule has 3 rings (SSSR count). The van der Waals surface area contributed by atoms with Gasteiger partial charge in [-0.3, -0.25) is 4.79 Å². The number of unbranched alkanes of at least 4 members (excludes halogenated alkanes) is 14. The number of aliphatic hydroxyl groups is 11. The number of aliphatic hydroxyl groups excluding tert-OH is 11. The van der Waals surface area contributed by atoms with Gasteiger partial charge in [-0.15, -0.1) is 0 Å². The molecule has 17 atom stereocenters. The highest BCUT2D eigenvalue weighted by Gasteiger charge is 2.53. The number of ether oxygens (including phenoxy) is 6.